The van der Waals surface area contributed by atoms with Crippen LogP contribution in [0.25, 0.3) is 0 Å². The Kier molecular flexibility index (Phi) is 9.33. The van der Waals surface area contributed by atoms with E-state index in [1.165, 1.54) is 4.90 Å². The first-order valence-corrected chi connectivity index (χ1v) is 13.2. The number of amides is 3. The van der Waals surface area contributed by atoms with Gasteiger partial charge in [-0.1, -0.05) is 60.7 Å². The monoisotopic (exact) mass is 529 g/mol. The Morgan fingerprint density at radius 1 is 1.00 bits per heavy atom. The molecule has 8 N–H and O–H groups in total. The number of hydrogen-bond donors (Lipinski definition) is 5. The highest BCUT2D eigenvalue weighted by Crippen LogP contribution is 2.31. The van der Waals surface area contributed by atoms with Crippen molar-refractivity contribution >= 4 is 33.9 Å². The van der Waals surface area contributed by atoms with Crippen LogP contribution in [0, 0.1) is 0 Å². The zero-order valence-electron chi connectivity index (χ0n) is 20.1. The van der Waals surface area contributed by atoms with E-state index in [4.69, 9.17) is 16.6 Å². The van der Waals surface area contributed by atoms with Gasteiger partial charge in [0, 0.05) is 25.4 Å². The van der Waals surface area contributed by atoms with Gasteiger partial charge >= 0.3 is 0 Å². The minimum Gasteiger partial charge on any atom is -0.370 e. The second-order valence-electron chi connectivity index (χ2n) is 8.60. The Bertz CT molecular complexity index is 1200. The number of nitrogens with zero attached hydrogens (tertiary/aromatic N) is 2. The topological polar surface area (TPSA) is 203 Å². The van der Waals surface area contributed by atoms with E-state index in [0.29, 0.717) is 24.0 Å². The molecular weight excluding hydrogens is 498 g/mol. The Balaban J connectivity index is 1.88. The fourth-order valence-corrected chi connectivity index (χ4v) is 5.02. The summed E-state index contributed by atoms with van der Waals surface area (Å²) in [5.74, 6) is -2.72. The first-order valence-electron chi connectivity index (χ1n) is 11.7. The maximum absolute atomic E-state index is 13.9. The Labute approximate surface area is 215 Å². The van der Waals surface area contributed by atoms with Gasteiger partial charge < -0.3 is 21.7 Å². The molecule has 0 saturated carbocycles. The quantitative estimate of drug-likeness (QED) is 0.197. The van der Waals surface area contributed by atoms with Gasteiger partial charge in [-0.25, -0.2) is 5.14 Å². The van der Waals surface area contributed by atoms with Crippen LogP contribution in [0.1, 0.15) is 36.3 Å². The highest BCUT2D eigenvalue weighted by Gasteiger charge is 2.41. The summed E-state index contributed by atoms with van der Waals surface area (Å²) in [6.07, 6.45) is 0.799. The van der Waals surface area contributed by atoms with Crippen LogP contribution in [-0.2, 0) is 24.6 Å². The lowest BCUT2D eigenvalue weighted by molar-refractivity contribution is -0.140. The summed E-state index contributed by atoms with van der Waals surface area (Å²) in [7, 11) is -4.30. The smallest absolute Gasteiger partial charge is 0.275 e. The summed E-state index contributed by atoms with van der Waals surface area (Å²) in [6, 6.07) is 15.8. The van der Waals surface area contributed by atoms with Crippen LogP contribution >= 0.6 is 0 Å². The Hall–Kier alpha value is -3.81. The van der Waals surface area contributed by atoms with Crippen molar-refractivity contribution in [1.29, 1.82) is 0 Å². The largest absolute Gasteiger partial charge is 0.370 e. The molecule has 0 aromatic heterocycles. The van der Waals surface area contributed by atoms with E-state index >= 15 is 0 Å². The third-order valence-corrected chi connectivity index (χ3v) is 6.52. The van der Waals surface area contributed by atoms with E-state index in [9.17, 15) is 22.8 Å². The second kappa shape index (κ2) is 12.4. The standard InChI is InChI=1S/C24H31N7O5S/c25-24(26)29-19(32)13-14-28-22(33)18-12-7-15-31(18)23(34)21(30-37(27,35)36)20(16-8-3-1-4-9-16)17-10-5-2-6-11-17/h1-6,8-11,18,20-21,30H,7,12-15H2,(H,28,33)(H2,27,35,36)(H4,25,26,29,32)/t18-,21+/m0/s1. The minimum atomic E-state index is -4.30. The predicted octanol–water partition coefficient (Wildman–Crippen LogP) is -0.722. The van der Waals surface area contributed by atoms with E-state index in [1.807, 2.05) is 12.1 Å². The molecule has 2 atom stereocenters. The molecule has 3 amide bonds. The molecule has 1 aliphatic heterocycles. The minimum absolute atomic E-state index is 0.0253. The molecule has 1 fully saturated rings. The number of carbonyl (C=O) groups excluding carboxylic acids is 3. The van der Waals surface area contributed by atoms with Gasteiger partial charge in [-0.3, -0.25) is 14.4 Å². The number of guanidine groups is 1. The van der Waals surface area contributed by atoms with Gasteiger partial charge in [0.2, 0.25) is 11.8 Å². The fraction of sp³-hybridized carbons (Fsp3) is 0.333. The molecule has 2 aromatic carbocycles. The molecule has 1 heterocycles. The van der Waals surface area contributed by atoms with E-state index < -0.39 is 45.9 Å². The van der Waals surface area contributed by atoms with Gasteiger partial charge in [-0.05, 0) is 24.0 Å². The van der Waals surface area contributed by atoms with Crippen molar-refractivity contribution in [2.45, 2.75) is 37.3 Å². The second-order valence-corrected chi connectivity index (χ2v) is 9.93. The summed E-state index contributed by atoms with van der Waals surface area (Å²) in [5, 5.41) is 7.97. The highest BCUT2D eigenvalue weighted by molar-refractivity contribution is 7.87. The number of nitrogens with one attached hydrogen (secondary N) is 2. The van der Waals surface area contributed by atoms with Gasteiger partial charge in [0.25, 0.3) is 16.1 Å². The lowest BCUT2D eigenvalue weighted by Crippen LogP contribution is -2.56. The Morgan fingerprint density at radius 3 is 2.08 bits per heavy atom. The van der Waals surface area contributed by atoms with Crippen molar-refractivity contribution in [2.24, 2.45) is 21.6 Å². The lowest BCUT2D eigenvalue weighted by Gasteiger charge is -2.33. The molecule has 2 aromatic rings. The molecule has 0 bridgehead atoms. The van der Waals surface area contributed by atoms with E-state index in [2.05, 4.69) is 15.0 Å². The van der Waals surface area contributed by atoms with Crippen molar-refractivity contribution < 1.29 is 22.8 Å². The molecular formula is C24H31N7O5S. The van der Waals surface area contributed by atoms with Gasteiger partial charge in [-0.15, -0.1) is 0 Å². The summed E-state index contributed by atoms with van der Waals surface area (Å²) >= 11 is 0. The number of benzene rings is 2. The zero-order valence-corrected chi connectivity index (χ0v) is 20.9. The average molecular weight is 530 g/mol. The van der Waals surface area contributed by atoms with Gasteiger partial charge in [0.05, 0.1) is 0 Å². The maximum Gasteiger partial charge on any atom is 0.275 e. The normalized spacial score (nSPS) is 16.3. The SMILES string of the molecule is NC(N)=NC(=O)CCNC(=O)[C@@H]1CCCN1C(=O)[C@H](NS(N)(=O)=O)C(c1ccccc1)c1ccccc1. The van der Waals surface area contributed by atoms with Gasteiger partial charge in [0.15, 0.2) is 5.96 Å². The summed E-state index contributed by atoms with van der Waals surface area (Å²) in [5.41, 5.74) is 11.7. The van der Waals surface area contributed by atoms with Crippen molar-refractivity contribution in [3.05, 3.63) is 71.8 Å². The number of likely N-dealkylation sites (tertiary alicyclic amines) is 1. The first kappa shape index (κ1) is 27.8. The van der Waals surface area contributed by atoms with E-state index in [0.717, 1.165) is 0 Å². The van der Waals surface area contributed by atoms with Gasteiger partial charge in [-0.2, -0.15) is 18.1 Å². The van der Waals surface area contributed by atoms with Crippen LogP contribution in [-0.4, -0.2) is 62.2 Å². The van der Waals surface area contributed by atoms with Crippen LogP contribution in [0.5, 0.6) is 0 Å². The summed E-state index contributed by atoms with van der Waals surface area (Å²) in [4.78, 5) is 43.2. The molecule has 3 rings (SSSR count). The first-order chi connectivity index (χ1) is 17.6. The van der Waals surface area contributed by atoms with Crippen LogP contribution < -0.4 is 26.6 Å². The molecule has 0 aliphatic carbocycles. The van der Waals surface area contributed by atoms with Crippen molar-refractivity contribution in [3.8, 4) is 0 Å². The average Bonchev–Trinajstić information content (AvgIpc) is 3.33. The molecule has 0 spiro atoms. The number of hydrogen-bond acceptors (Lipinski definition) is 5. The number of aliphatic imine (C=N–C) groups is 1. The molecule has 12 nitrogen and oxygen atoms in total. The lowest BCUT2D eigenvalue weighted by atomic mass is 9.84. The molecule has 13 heteroatoms. The molecule has 1 aliphatic rings. The molecule has 0 unspecified atom stereocenters. The van der Waals surface area contributed by atoms with Crippen molar-refractivity contribution in [3.63, 3.8) is 0 Å². The highest BCUT2D eigenvalue weighted by atomic mass is 32.2. The number of nitrogens with two attached hydrogens (primary N) is 3. The number of carbonyl (C=O) groups is 3. The van der Waals surface area contributed by atoms with Crippen molar-refractivity contribution in [2.75, 3.05) is 13.1 Å². The molecule has 1 saturated heterocycles. The van der Waals surface area contributed by atoms with E-state index in [-0.39, 0.29) is 25.5 Å². The Morgan fingerprint density at radius 2 is 1.57 bits per heavy atom. The number of rotatable bonds is 10. The fourth-order valence-electron chi connectivity index (χ4n) is 4.43. The van der Waals surface area contributed by atoms with Crippen LogP contribution in [0.3, 0.4) is 0 Å². The molecule has 0 radical (unpaired) electrons. The predicted molar refractivity (Wildman–Crippen MR) is 138 cm³/mol. The van der Waals surface area contributed by atoms with Crippen LogP contribution in [0.4, 0.5) is 0 Å². The van der Waals surface area contributed by atoms with Crippen molar-refractivity contribution in [1.82, 2.24) is 14.9 Å². The van der Waals surface area contributed by atoms with Crippen LogP contribution in [0.15, 0.2) is 65.7 Å². The maximum atomic E-state index is 13.9. The summed E-state index contributed by atoms with van der Waals surface area (Å²) in [6.45, 7) is 0.228. The summed E-state index contributed by atoms with van der Waals surface area (Å²) < 4.78 is 26.7. The third kappa shape index (κ3) is 7.84. The van der Waals surface area contributed by atoms with E-state index in [1.54, 1.807) is 48.5 Å². The molecule has 37 heavy (non-hydrogen) atoms. The van der Waals surface area contributed by atoms with Gasteiger partial charge in [0.1, 0.15) is 12.1 Å². The zero-order chi connectivity index (χ0) is 27.0. The third-order valence-electron chi connectivity index (χ3n) is 5.94. The van der Waals surface area contributed by atoms with Crippen LogP contribution in [0.2, 0.25) is 0 Å². The molecule has 198 valence electrons.